The van der Waals surface area contributed by atoms with Gasteiger partial charge in [0.1, 0.15) is 0 Å². The number of fused-ring (bicyclic) bond motifs is 1. The molecule has 0 saturated heterocycles. The van der Waals surface area contributed by atoms with E-state index in [1.54, 1.807) is 11.3 Å². The fourth-order valence-corrected chi connectivity index (χ4v) is 4.35. The van der Waals surface area contributed by atoms with E-state index >= 15 is 0 Å². The van der Waals surface area contributed by atoms with Crippen molar-refractivity contribution in [2.45, 2.75) is 45.1 Å². The van der Waals surface area contributed by atoms with Crippen molar-refractivity contribution in [2.24, 2.45) is 5.73 Å². The number of carbonyl (C=O) groups excluding carboxylic acids is 1. The molecular weight excluding hydrogens is 292 g/mol. The number of aryl methyl sites for hydroxylation is 1. The van der Waals surface area contributed by atoms with Crippen molar-refractivity contribution in [1.29, 1.82) is 0 Å². The zero-order valence-electron chi connectivity index (χ0n) is 12.9. The van der Waals surface area contributed by atoms with Crippen LogP contribution in [0.3, 0.4) is 0 Å². The summed E-state index contributed by atoms with van der Waals surface area (Å²) in [6.07, 6.45) is 5.14. The van der Waals surface area contributed by atoms with Crippen molar-refractivity contribution in [3.63, 3.8) is 0 Å². The highest BCUT2D eigenvalue weighted by atomic mass is 32.1. The summed E-state index contributed by atoms with van der Waals surface area (Å²) in [6, 6.07) is 9.53. The molecule has 1 aliphatic rings. The molecule has 0 saturated carbocycles. The maximum atomic E-state index is 12.3. The van der Waals surface area contributed by atoms with Crippen LogP contribution >= 0.6 is 11.3 Å². The van der Waals surface area contributed by atoms with Crippen LogP contribution < -0.4 is 11.1 Å². The van der Waals surface area contributed by atoms with Crippen molar-refractivity contribution in [3.8, 4) is 0 Å². The van der Waals surface area contributed by atoms with E-state index in [1.807, 2.05) is 30.3 Å². The number of anilines is 1. The maximum absolute atomic E-state index is 12.3. The summed E-state index contributed by atoms with van der Waals surface area (Å²) in [5.74, 6) is -0.00181. The fraction of sp³-hybridized carbons (Fsp3) is 0.389. The maximum Gasteiger partial charge on any atom is 0.226 e. The Morgan fingerprint density at radius 3 is 2.73 bits per heavy atom. The highest BCUT2D eigenvalue weighted by molar-refractivity contribution is 7.16. The van der Waals surface area contributed by atoms with Crippen LogP contribution in [0.2, 0.25) is 0 Å². The lowest BCUT2D eigenvalue weighted by Gasteiger charge is -2.12. The Bertz CT molecular complexity index is 663. The van der Waals surface area contributed by atoms with Crippen LogP contribution in [0.15, 0.2) is 30.3 Å². The van der Waals surface area contributed by atoms with E-state index < -0.39 is 0 Å². The molecule has 116 valence electrons. The van der Waals surface area contributed by atoms with Crippen LogP contribution in [0.1, 0.15) is 46.9 Å². The lowest BCUT2D eigenvalue weighted by molar-refractivity contribution is -0.116. The number of carbonyl (C=O) groups is 1. The molecule has 0 radical (unpaired) electrons. The van der Waals surface area contributed by atoms with Gasteiger partial charge in [-0.15, -0.1) is 11.3 Å². The first-order valence-corrected chi connectivity index (χ1v) is 8.68. The van der Waals surface area contributed by atoms with Gasteiger partial charge in [0, 0.05) is 17.3 Å². The second-order valence-corrected chi connectivity index (χ2v) is 7.04. The van der Waals surface area contributed by atoms with Crippen LogP contribution in [-0.2, 0) is 17.6 Å². The lowest BCUT2D eigenvalue weighted by atomic mass is 9.96. The van der Waals surface area contributed by atoms with Gasteiger partial charge in [0.15, 0.2) is 0 Å². The molecule has 0 aliphatic heterocycles. The number of hydrogen-bond acceptors (Lipinski definition) is 3. The molecule has 1 amide bonds. The first kappa shape index (κ1) is 15.3. The largest absolute Gasteiger partial charge is 0.324 e. The van der Waals surface area contributed by atoms with E-state index in [0.717, 1.165) is 23.4 Å². The molecule has 1 aromatic carbocycles. The zero-order valence-corrected chi connectivity index (χ0v) is 13.7. The highest BCUT2D eigenvalue weighted by Gasteiger charge is 2.20. The molecule has 1 aromatic heterocycles. The third-order valence-corrected chi connectivity index (χ3v) is 5.63. The minimum absolute atomic E-state index is 0.00181. The second-order valence-electron chi connectivity index (χ2n) is 5.93. The molecule has 1 atom stereocenters. The predicted molar refractivity (Wildman–Crippen MR) is 92.3 cm³/mol. The molecule has 3 N–H and O–H groups in total. The van der Waals surface area contributed by atoms with Gasteiger partial charge in [-0.05, 0) is 49.3 Å². The first-order chi connectivity index (χ1) is 10.6. The molecule has 3 nitrogen and oxygen atoms in total. The Balaban J connectivity index is 1.66. The first-order valence-electron chi connectivity index (χ1n) is 7.86. The number of hydrogen-bond donors (Lipinski definition) is 2. The third kappa shape index (κ3) is 3.23. The molecule has 4 heteroatoms. The smallest absolute Gasteiger partial charge is 0.226 e. The van der Waals surface area contributed by atoms with Crippen LogP contribution in [0.25, 0.3) is 0 Å². The molecule has 0 spiro atoms. The number of rotatable bonds is 4. The average Bonchev–Trinajstić information content (AvgIpc) is 2.84. The molecule has 3 rings (SSSR count). The average molecular weight is 314 g/mol. The molecule has 1 unspecified atom stereocenters. The minimum Gasteiger partial charge on any atom is -0.324 e. The fourth-order valence-electron chi connectivity index (χ4n) is 3.04. The summed E-state index contributed by atoms with van der Waals surface area (Å²) in [4.78, 5) is 13.7. The Morgan fingerprint density at radius 2 is 2.00 bits per heavy atom. The Kier molecular flexibility index (Phi) is 4.60. The quantitative estimate of drug-likeness (QED) is 0.897. The van der Waals surface area contributed by atoms with Crippen molar-refractivity contribution < 1.29 is 4.79 Å². The number of thiophene rings is 1. The van der Waals surface area contributed by atoms with Crippen molar-refractivity contribution in [3.05, 3.63) is 51.9 Å². The van der Waals surface area contributed by atoms with Crippen LogP contribution in [0.4, 0.5) is 5.00 Å². The number of nitrogens with one attached hydrogen (secondary N) is 1. The highest BCUT2D eigenvalue weighted by Crippen LogP contribution is 2.37. The van der Waals surface area contributed by atoms with Crippen molar-refractivity contribution in [1.82, 2.24) is 0 Å². The molecule has 1 heterocycles. The van der Waals surface area contributed by atoms with E-state index in [9.17, 15) is 4.79 Å². The topological polar surface area (TPSA) is 55.1 Å². The Hall–Kier alpha value is -1.65. The molecule has 0 fully saturated rings. The van der Waals surface area contributed by atoms with E-state index in [4.69, 9.17) is 5.73 Å². The lowest BCUT2D eigenvalue weighted by Crippen LogP contribution is -2.20. The van der Waals surface area contributed by atoms with E-state index in [0.29, 0.717) is 6.42 Å². The van der Waals surface area contributed by atoms with E-state index in [1.165, 1.54) is 28.8 Å². The predicted octanol–water partition coefficient (Wildman–Crippen LogP) is 3.96. The van der Waals surface area contributed by atoms with Crippen molar-refractivity contribution >= 4 is 22.2 Å². The van der Waals surface area contributed by atoms with Crippen LogP contribution in [0.5, 0.6) is 0 Å². The molecule has 0 bridgehead atoms. The van der Waals surface area contributed by atoms with Gasteiger partial charge in [-0.1, -0.05) is 30.3 Å². The standard InChI is InChI=1S/C18H22N2OS/c1-12-14-9-5-6-10-16(14)22-18(12)20-17(21)11-15(19)13-7-3-2-4-8-13/h2-4,7-8,15H,5-6,9-11,19H2,1H3,(H,20,21). The molecule has 1 aliphatic carbocycles. The molecular formula is C18H22N2OS. The zero-order chi connectivity index (χ0) is 15.5. The van der Waals surface area contributed by atoms with Crippen LogP contribution in [-0.4, -0.2) is 5.91 Å². The van der Waals surface area contributed by atoms with Gasteiger partial charge >= 0.3 is 0 Å². The summed E-state index contributed by atoms with van der Waals surface area (Å²) >= 11 is 1.74. The summed E-state index contributed by atoms with van der Waals surface area (Å²) in [7, 11) is 0. The Labute approximate surface area is 135 Å². The summed E-state index contributed by atoms with van der Waals surface area (Å²) in [5, 5.41) is 4.08. The summed E-state index contributed by atoms with van der Waals surface area (Å²) in [6.45, 7) is 2.12. The van der Waals surface area contributed by atoms with Crippen LogP contribution in [0, 0.1) is 6.92 Å². The number of nitrogens with two attached hydrogens (primary N) is 1. The van der Waals surface area contributed by atoms with Gasteiger partial charge in [0.2, 0.25) is 5.91 Å². The SMILES string of the molecule is Cc1c(NC(=O)CC(N)c2ccccc2)sc2c1CCCC2. The molecule has 22 heavy (non-hydrogen) atoms. The monoisotopic (exact) mass is 314 g/mol. The van der Waals surface area contributed by atoms with Gasteiger partial charge in [-0.2, -0.15) is 0 Å². The van der Waals surface area contributed by atoms with Gasteiger partial charge < -0.3 is 11.1 Å². The molecule has 2 aromatic rings. The normalized spacial score (nSPS) is 15.2. The van der Waals surface area contributed by atoms with Gasteiger partial charge in [0.25, 0.3) is 0 Å². The second kappa shape index (κ2) is 6.63. The summed E-state index contributed by atoms with van der Waals surface area (Å²) in [5.41, 5.74) is 9.84. The van der Waals surface area contributed by atoms with E-state index in [-0.39, 0.29) is 11.9 Å². The van der Waals surface area contributed by atoms with Gasteiger partial charge in [-0.3, -0.25) is 4.79 Å². The minimum atomic E-state index is -0.254. The van der Waals surface area contributed by atoms with Gasteiger partial charge in [0.05, 0.1) is 5.00 Å². The Morgan fingerprint density at radius 1 is 1.27 bits per heavy atom. The third-order valence-electron chi connectivity index (χ3n) is 4.32. The van der Waals surface area contributed by atoms with E-state index in [2.05, 4.69) is 12.2 Å². The van der Waals surface area contributed by atoms with Gasteiger partial charge in [-0.25, -0.2) is 0 Å². The van der Waals surface area contributed by atoms with Crippen molar-refractivity contribution in [2.75, 3.05) is 5.32 Å². The number of amides is 1. The summed E-state index contributed by atoms with van der Waals surface area (Å²) < 4.78 is 0. The number of benzene rings is 1.